The standard InChI is InChI=1S/C14H18O/c1-4-7-13(8-5-2)15-14-10-6-9-12(3)11-14/h4,6-7,9-11H,1,5,8H2,2-3H3/b13-7+. The Morgan fingerprint density at radius 3 is 2.87 bits per heavy atom. The lowest BCUT2D eigenvalue weighted by Gasteiger charge is -2.09. The monoisotopic (exact) mass is 202 g/mol. The Balaban J connectivity index is 2.74. The van der Waals surface area contributed by atoms with E-state index < -0.39 is 0 Å². The van der Waals surface area contributed by atoms with E-state index in [1.54, 1.807) is 6.08 Å². The maximum Gasteiger partial charge on any atom is 0.127 e. The lowest BCUT2D eigenvalue weighted by Crippen LogP contribution is -1.94. The van der Waals surface area contributed by atoms with Crippen LogP contribution in [0.5, 0.6) is 5.75 Å². The Morgan fingerprint density at radius 1 is 1.47 bits per heavy atom. The number of rotatable bonds is 5. The second kappa shape index (κ2) is 6.07. The van der Waals surface area contributed by atoms with Crippen molar-refractivity contribution < 1.29 is 4.74 Å². The Kier molecular flexibility index (Phi) is 4.69. The minimum Gasteiger partial charge on any atom is -0.462 e. The van der Waals surface area contributed by atoms with Crippen molar-refractivity contribution in [3.63, 3.8) is 0 Å². The summed E-state index contributed by atoms with van der Waals surface area (Å²) < 4.78 is 5.77. The van der Waals surface area contributed by atoms with E-state index in [-0.39, 0.29) is 0 Å². The number of hydrogen-bond acceptors (Lipinski definition) is 1. The Hall–Kier alpha value is -1.50. The minimum atomic E-state index is 0.900. The molecule has 0 aliphatic heterocycles. The van der Waals surface area contributed by atoms with Gasteiger partial charge in [0.1, 0.15) is 11.5 Å². The van der Waals surface area contributed by atoms with Gasteiger partial charge in [0.2, 0.25) is 0 Å². The molecule has 0 aliphatic carbocycles. The third-order valence-corrected chi connectivity index (χ3v) is 2.04. The van der Waals surface area contributed by atoms with Crippen molar-refractivity contribution in [2.24, 2.45) is 0 Å². The van der Waals surface area contributed by atoms with Crippen LogP contribution < -0.4 is 4.74 Å². The molecule has 1 heteroatoms. The van der Waals surface area contributed by atoms with Crippen molar-refractivity contribution >= 4 is 0 Å². The summed E-state index contributed by atoms with van der Waals surface area (Å²) in [5.74, 6) is 1.87. The van der Waals surface area contributed by atoms with Gasteiger partial charge in [-0.2, -0.15) is 0 Å². The van der Waals surface area contributed by atoms with Crippen LogP contribution in [0.15, 0.2) is 48.8 Å². The summed E-state index contributed by atoms with van der Waals surface area (Å²) >= 11 is 0. The summed E-state index contributed by atoms with van der Waals surface area (Å²) in [6, 6.07) is 8.07. The van der Waals surface area contributed by atoms with Crippen LogP contribution in [0.4, 0.5) is 0 Å². The van der Waals surface area contributed by atoms with E-state index in [1.807, 2.05) is 24.3 Å². The van der Waals surface area contributed by atoms with Gasteiger partial charge in [0.25, 0.3) is 0 Å². The first-order chi connectivity index (χ1) is 7.26. The molecule has 0 fully saturated rings. The highest BCUT2D eigenvalue weighted by atomic mass is 16.5. The third kappa shape index (κ3) is 4.03. The zero-order valence-electron chi connectivity index (χ0n) is 9.49. The van der Waals surface area contributed by atoms with Gasteiger partial charge in [-0.05, 0) is 37.1 Å². The molecule has 0 saturated heterocycles. The van der Waals surface area contributed by atoms with Crippen LogP contribution in [0.25, 0.3) is 0 Å². The molecule has 1 aromatic rings. The Bertz CT molecular complexity index is 350. The predicted molar refractivity (Wildman–Crippen MR) is 65.0 cm³/mol. The normalized spacial score (nSPS) is 11.2. The molecule has 0 unspecified atom stereocenters. The fourth-order valence-electron chi connectivity index (χ4n) is 1.38. The Labute approximate surface area is 92.1 Å². The molecule has 0 N–H and O–H groups in total. The molecule has 0 heterocycles. The minimum absolute atomic E-state index is 0.900. The maximum absolute atomic E-state index is 5.77. The molecule has 1 nitrogen and oxygen atoms in total. The lowest BCUT2D eigenvalue weighted by atomic mass is 10.2. The van der Waals surface area contributed by atoms with Crippen LogP contribution in [-0.4, -0.2) is 0 Å². The smallest absolute Gasteiger partial charge is 0.127 e. The van der Waals surface area contributed by atoms with Crippen LogP contribution >= 0.6 is 0 Å². The van der Waals surface area contributed by atoms with Crippen molar-refractivity contribution in [1.29, 1.82) is 0 Å². The molecule has 80 valence electrons. The zero-order chi connectivity index (χ0) is 11.1. The zero-order valence-corrected chi connectivity index (χ0v) is 9.49. The van der Waals surface area contributed by atoms with Gasteiger partial charge in [-0.3, -0.25) is 0 Å². The molecule has 0 amide bonds. The highest BCUT2D eigenvalue weighted by molar-refractivity contribution is 5.29. The van der Waals surface area contributed by atoms with E-state index >= 15 is 0 Å². The number of hydrogen-bond donors (Lipinski definition) is 0. The van der Waals surface area contributed by atoms with E-state index in [0.717, 1.165) is 24.4 Å². The molecule has 0 aromatic heterocycles. The van der Waals surface area contributed by atoms with Gasteiger partial charge in [-0.15, -0.1) is 0 Å². The molecule has 0 aliphatic rings. The van der Waals surface area contributed by atoms with Gasteiger partial charge in [0, 0.05) is 6.42 Å². The Morgan fingerprint density at radius 2 is 2.27 bits per heavy atom. The summed E-state index contributed by atoms with van der Waals surface area (Å²) in [5, 5.41) is 0. The first kappa shape index (κ1) is 11.6. The van der Waals surface area contributed by atoms with E-state index in [4.69, 9.17) is 4.74 Å². The SMILES string of the molecule is C=C/C=C(\CCC)Oc1cccc(C)c1. The van der Waals surface area contributed by atoms with Crippen molar-refractivity contribution in [2.75, 3.05) is 0 Å². The predicted octanol–water partition coefficient (Wildman–Crippen LogP) is 4.24. The summed E-state index contributed by atoms with van der Waals surface area (Å²) in [6.07, 6.45) is 5.71. The van der Waals surface area contributed by atoms with Gasteiger partial charge in [-0.25, -0.2) is 0 Å². The number of benzene rings is 1. The lowest BCUT2D eigenvalue weighted by molar-refractivity contribution is 0.401. The first-order valence-corrected chi connectivity index (χ1v) is 5.32. The van der Waals surface area contributed by atoms with Crippen LogP contribution in [0.1, 0.15) is 25.3 Å². The van der Waals surface area contributed by atoms with Crippen molar-refractivity contribution in [1.82, 2.24) is 0 Å². The number of allylic oxidation sites excluding steroid dienone is 3. The summed E-state index contributed by atoms with van der Waals surface area (Å²) in [5.41, 5.74) is 1.21. The van der Waals surface area contributed by atoms with E-state index in [0.29, 0.717) is 0 Å². The molecule has 0 spiro atoms. The fraction of sp³-hybridized carbons (Fsp3) is 0.286. The highest BCUT2D eigenvalue weighted by Crippen LogP contribution is 2.17. The van der Waals surface area contributed by atoms with Gasteiger partial charge >= 0.3 is 0 Å². The van der Waals surface area contributed by atoms with Gasteiger partial charge in [-0.1, -0.05) is 31.7 Å². The summed E-state index contributed by atoms with van der Waals surface area (Å²) in [6.45, 7) is 7.88. The van der Waals surface area contributed by atoms with Gasteiger partial charge < -0.3 is 4.74 Å². The van der Waals surface area contributed by atoms with Crippen molar-refractivity contribution in [2.45, 2.75) is 26.7 Å². The van der Waals surface area contributed by atoms with Crippen LogP contribution in [0.2, 0.25) is 0 Å². The second-order valence-corrected chi connectivity index (χ2v) is 3.54. The largest absolute Gasteiger partial charge is 0.462 e. The molecular weight excluding hydrogens is 184 g/mol. The molecular formula is C14H18O. The summed E-state index contributed by atoms with van der Waals surface area (Å²) in [7, 11) is 0. The number of ether oxygens (including phenoxy) is 1. The van der Waals surface area contributed by atoms with Crippen molar-refractivity contribution in [3.8, 4) is 5.75 Å². The summed E-state index contributed by atoms with van der Waals surface area (Å²) in [4.78, 5) is 0. The quantitative estimate of drug-likeness (QED) is 0.512. The van der Waals surface area contributed by atoms with Crippen LogP contribution in [0, 0.1) is 6.92 Å². The maximum atomic E-state index is 5.77. The highest BCUT2D eigenvalue weighted by Gasteiger charge is 1.98. The molecule has 15 heavy (non-hydrogen) atoms. The van der Waals surface area contributed by atoms with Crippen LogP contribution in [-0.2, 0) is 0 Å². The average Bonchev–Trinajstić information content (AvgIpc) is 2.18. The molecule has 0 bridgehead atoms. The van der Waals surface area contributed by atoms with E-state index in [1.165, 1.54) is 5.56 Å². The topological polar surface area (TPSA) is 9.23 Å². The molecule has 0 radical (unpaired) electrons. The average molecular weight is 202 g/mol. The van der Waals surface area contributed by atoms with E-state index in [9.17, 15) is 0 Å². The van der Waals surface area contributed by atoms with Gasteiger partial charge in [0.15, 0.2) is 0 Å². The van der Waals surface area contributed by atoms with Gasteiger partial charge in [0.05, 0.1) is 0 Å². The first-order valence-electron chi connectivity index (χ1n) is 5.32. The fourth-order valence-corrected chi connectivity index (χ4v) is 1.38. The van der Waals surface area contributed by atoms with Crippen molar-refractivity contribution in [3.05, 3.63) is 54.3 Å². The van der Waals surface area contributed by atoms with Crippen LogP contribution in [0.3, 0.4) is 0 Å². The second-order valence-electron chi connectivity index (χ2n) is 3.54. The van der Waals surface area contributed by atoms with E-state index in [2.05, 4.69) is 26.5 Å². The molecule has 0 saturated carbocycles. The number of aryl methyl sites for hydroxylation is 1. The molecule has 1 aromatic carbocycles. The molecule has 1 rings (SSSR count). The third-order valence-electron chi connectivity index (χ3n) is 2.04. The molecule has 0 atom stereocenters.